The first-order valence-corrected chi connectivity index (χ1v) is 8.07. The first kappa shape index (κ1) is 17.2. The van der Waals surface area contributed by atoms with Gasteiger partial charge in [-0.3, -0.25) is 0 Å². The van der Waals surface area contributed by atoms with Crippen LogP contribution in [0.3, 0.4) is 0 Å². The second-order valence-electron chi connectivity index (χ2n) is 5.48. The van der Waals surface area contributed by atoms with Gasteiger partial charge in [0.25, 0.3) is 0 Å². The number of hydrogen-bond donors (Lipinski definition) is 1. The Morgan fingerprint density at radius 3 is 2.28 bits per heavy atom. The fourth-order valence-electron chi connectivity index (χ4n) is 2.57. The summed E-state index contributed by atoms with van der Waals surface area (Å²) in [6.45, 7) is 0.0678. The Morgan fingerprint density at radius 1 is 0.960 bits per heavy atom. The van der Waals surface area contributed by atoms with Crippen LogP contribution in [0, 0.1) is 11.6 Å². The van der Waals surface area contributed by atoms with Gasteiger partial charge in [-0.2, -0.15) is 0 Å². The van der Waals surface area contributed by atoms with Crippen LogP contribution in [0.15, 0.2) is 60.7 Å². The van der Waals surface area contributed by atoms with E-state index in [1.165, 1.54) is 18.2 Å². The second-order valence-corrected chi connectivity index (χ2v) is 5.91. The highest BCUT2D eigenvalue weighted by atomic mass is 35.5. The quantitative estimate of drug-likeness (QED) is 0.611. The molecule has 0 atom stereocenters. The Morgan fingerprint density at radius 2 is 1.64 bits per heavy atom. The summed E-state index contributed by atoms with van der Waals surface area (Å²) in [6, 6.07) is 16.7. The summed E-state index contributed by atoms with van der Waals surface area (Å²) >= 11 is 6.06. The highest BCUT2D eigenvalue weighted by Gasteiger charge is 2.09. The van der Waals surface area contributed by atoms with Crippen molar-refractivity contribution in [3.8, 4) is 16.9 Å². The molecule has 0 aromatic heterocycles. The number of nitrogens with one attached hydrogen (secondary N) is 1. The van der Waals surface area contributed by atoms with Gasteiger partial charge in [0.05, 0.1) is 7.11 Å². The van der Waals surface area contributed by atoms with Crippen LogP contribution in [0.1, 0.15) is 5.56 Å². The molecule has 3 aromatic carbocycles. The molecular weight excluding hydrogens is 344 g/mol. The van der Waals surface area contributed by atoms with Gasteiger partial charge in [-0.1, -0.05) is 29.8 Å². The maximum Gasteiger partial charge on any atom is 0.131 e. The zero-order valence-electron chi connectivity index (χ0n) is 13.5. The van der Waals surface area contributed by atoms with Crippen LogP contribution in [-0.4, -0.2) is 7.11 Å². The molecule has 0 fully saturated rings. The van der Waals surface area contributed by atoms with Crippen molar-refractivity contribution in [2.45, 2.75) is 6.54 Å². The third-order valence-electron chi connectivity index (χ3n) is 3.89. The van der Waals surface area contributed by atoms with E-state index in [9.17, 15) is 8.78 Å². The van der Waals surface area contributed by atoms with E-state index >= 15 is 0 Å². The van der Waals surface area contributed by atoms with Gasteiger partial charge in [-0.05, 0) is 48.0 Å². The van der Waals surface area contributed by atoms with Crippen molar-refractivity contribution in [2.24, 2.45) is 0 Å². The minimum Gasteiger partial charge on any atom is -0.496 e. The lowest BCUT2D eigenvalue weighted by Gasteiger charge is -2.11. The van der Waals surface area contributed by atoms with Gasteiger partial charge in [-0.15, -0.1) is 0 Å². The minimum atomic E-state index is -0.562. The van der Waals surface area contributed by atoms with Crippen molar-refractivity contribution in [1.29, 1.82) is 0 Å². The summed E-state index contributed by atoms with van der Waals surface area (Å²) in [7, 11) is 1.60. The van der Waals surface area contributed by atoms with Crippen molar-refractivity contribution in [3.05, 3.63) is 82.9 Å². The molecule has 0 saturated carbocycles. The maximum atomic E-state index is 13.7. The third kappa shape index (κ3) is 3.91. The SMILES string of the molecule is COc1ccc(Cl)cc1-c1ccc(NCc2c(F)cccc2F)cc1. The van der Waals surface area contributed by atoms with Gasteiger partial charge in [0.1, 0.15) is 17.4 Å². The monoisotopic (exact) mass is 359 g/mol. The van der Waals surface area contributed by atoms with Crippen LogP contribution in [0.4, 0.5) is 14.5 Å². The fourth-order valence-corrected chi connectivity index (χ4v) is 2.74. The number of methoxy groups -OCH3 is 1. The number of halogens is 3. The van der Waals surface area contributed by atoms with E-state index < -0.39 is 11.6 Å². The number of benzene rings is 3. The lowest BCUT2D eigenvalue weighted by molar-refractivity contribution is 0.416. The molecule has 0 saturated heterocycles. The predicted octanol–water partition coefficient (Wildman–Crippen LogP) is 5.91. The minimum absolute atomic E-state index is 0.0167. The highest BCUT2D eigenvalue weighted by molar-refractivity contribution is 6.31. The molecule has 0 heterocycles. The summed E-state index contributed by atoms with van der Waals surface area (Å²) in [6.07, 6.45) is 0. The summed E-state index contributed by atoms with van der Waals surface area (Å²) in [5.41, 5.74) is 2.58. The van der Waals surface area contributed by atoms with Crippen molar-refractivity contribution >= 4 is 17.3 Å². The Bertz CT molecular complexity index is 861. The van der Waals surface area contributed by atoms with Crippen LogP contribution in [-0.2, 0) is 6.54 Å². The van der Waals surface area contributed by atoms with Crippen LogP contribution in [0.2, 0.25) is 5.02 Å². The molecule has 2 nitrogen and oxygen atoms in total. The number of hydrogen-bond acceptors (Lipinski definition) is 2. The molecule has 0 bridgehead atoms. The summed E-state index contributed by atoms with van der Waals surface area (Å²) in [5.74, 6) is -0.404. The van der Waals surface area contributed by atoms with Crippen molar-refractivity contribution in [3.63, 3.8) is 0 Å². The van der Waals surface area contributed by atoms with Crippen LogP contribution >= 0.6 is 11.6 Å². The number of anilines is 1. The van der Waals surface area contributed by atoms with E-state index in [4.69, 9.17) is 16.3 Å². The second kappa shape index (κ2) is 7.53. The van der Waals surface area contributed by atoms with Crippen molar-refractivity contribution in [1.82, 2.24) is 0 Å². The van der Waals surface area contributed by atoms with E-state index in [1.54, 1.807) is 13.2 Å². The lowest BCUT2D eigenvalue weighted by atomic mass is 10.0. The van der Waals surface area contributed by atoms with Crippen LogP contribution in [0.5, 0.6) is 5.75 Å². The van der Waals surface area contributed by atoms with Gasteiger partial charge >= 0.3 is 0 Å². The molecule has 0 aliphatic carbocycles. The molecule has 0 unspecified atom stereocenters. The van der Waals surface area contributed by atoms with E-state index in [2.05, 4.69) is 5.32 Å². The fraction of sp³-hybridized carbons (Fsp3) is 0.100. The molecule has 5 heteroatoms. The Kier molecular flexibility index (Phi) is 5.19. The van der Waals surface area contributed by atoms with Gasteiger partial charge < -0.3 is 10.1 Å². The zero-order valence-corrected chi connectivity index (χ0v) is 14.3. The van der Waals surface area contributed by atoms with E-state index in [0.717, 1.165) is 22.6 Å². The Balaban J connectivity index is 1.78. The summed E-state index contributed by atoms with van der Waals surface area (Å²) in [5, 5.41) is 3.64. The smallest absolute Gasteiger partial charge is 0.131 e. The normalized spacial score (nSPS) is 10.6. The summed E-state index contributed by atoms with van der Waals surface area (Å²) in [4.78, 5) is 0. The molecule has 3 aromatic rings. The Labute approximate surface area is 150 Å². The largest absolute Gasteiger partial charge is 0.496 e. The molecule has 0 radical (unpaired) electrons. The predicted molar refractivity (Wildman–Crippen MR) is 97.1 cm³/mol. The van der Waals surface area contributed by atoms with Crippen LogP contribution in [0.25, 0.3) is 11.1 Å². The molecule has 3 rings (SSSR count). The maximum absolute atomic E-state index is 13.7. The van der Waals surface area contributed by atoms with Crippen LogP contribution < -0.4 is 10.1 Å². The molecule has 0 spiro atoms. The molecule has 0 aliphatic heterocycles. The lowest BCUT2D eigenvalue weighted by Crippen LogP contribution is -2.04. The van der Waals surface area contributed by atoms with Gasteiger partial charge in [0, 0.05) is 28.4 Å². The average Bonchev–Trinajstić information content (AvgIpc) is 2.62. The number of rotatable bonds is 5. The molecule has 0 aliphatic rings. The topological polar surface area (TPSA) is 21.3 Å². The van der Waals surface area contributed by atoms with Gasteiger partial charge in [-0.25, -0.2) is 8.78 Å². The average molecular weight is 360 g/mol. The highest BCUT2D eigenvalue weighted by Crippen LogP contribution is 2.33. The Hall–Kier alpha value is -2.59. The number of ether oxygens (including phenoxy) is 1. The van der Waals surface area contributed by atoms with E-state index in [0.29, 0.717) is 5.02 Å². The first-order chi connectivity index (χ1) is 12.1. The third-order valence-corrected chi connectivity index (χ3v) is 4.12. The van der Waals surface area contributed by atoms with Gasteiger partial charge in [0.15, 0.2) is 0 Å². The van der Waals surface area contributed by atoms with E-state index in [1.807, 2.05) is 36.4 Å². The molecule has 0 amide bonds. The molecule has 25 heavy (non-hydrogen) atoms. The molecular formula is C20H16ClF2NO. The van der Waals surface area contributed by atoms with Crippen molar-refractivity contribution in [2.75, 3.05) is 12.4 Å². The van der Waals surface area contributed by atoms with Gasteiger partial charge in [0.2, 0.25) is 0 Å². The van der Waals surface area contributed by atoms with E-state index in [-0.39, 0.29) is 12.1 Å². The molecule has 128 valence electrons. The summed E-state index contributed by atoms with van der Waals surface area (Å²) < 4.78 is 32.7. The standard InChI is InChI=1S/C20H16ClF2NO/c1-25-20-10-7-14(21)11-16(20)13-5-8-15(9-6-13)24-12-17-18(22)3-2-4-19(17)23/h2-11,24H,12H2,1H3. The first-order valence-electron chi connectivity index (χ1n) is 7.69. The zero-order chi connectivity index (χ0) is 17.8. The van der Waals surface area contributed by atoms with Crippen molar-refractivity contribution < 1.29 is 13.5 Å². The molecule has 1 N–H and O–H groups in total.